The van der Waals surface area contributed by atoms with Gasteiger partial charge in [0.2, 0.25) is 0 Å². The molecule has 1 aromatic heterocycles. The number of rotatable bonds is 0. The van der Waals surface area contributed by atoms with Crippen molar-refractivity contribution in [1.29, 1.82) is 0 Å². The van der Waals surface area contributed by atoms with Crippen LogP contribution < -0.4 is 0 Å². The monoisotopic (exact) mass is 176 g/mol. The first-order valence-corrected chi connectivity index (χ1v) is 5.23. The van der Waals surface area contributed by atoms with Gasteiger partial charge in [0.25, 0.3) is 0 Å². The summed E-state index contributed by atoms with van der Waals surface area (Å²) in [4.78, 5) is 6.12. The molecule has 0 aliphatic carbocycles. The Hall–Kier alpha value is -0.760. The first kappa shape index (κ1) is 7.63. The molecule has 3 aliphatic heterocycles. The second-order valence-electron chi connectivity index (χ2n) is 4.44. The highest BCUT2D eigenvalue weighted by atomic mass is 15.1. The first-order valence-electron chi connectivity index (χ1n) is 5.23. The lowest BCUT2D eigenvalue weighted by Crippen LogP contribution is -2.28. The number of aryl methyl sites for hydroxylation is 1. The summed E-state index contributed by atoms with van der Waals surface area (Å²) in [7, 11) is 0. The number of H-pyrrole nitrogens is 1. The Bertz CT molecular complexity index is 319. The smallest absolute Gasteiger partial charge is 0.0251 e. The standard InChI is InChI=1S/C11H16N2/c1-8-6-10-7-13-4-2-9(3-5-13)11(10)12-8/h6,9,12H,2-5,7H2,1H3. The molecule has 70 valence electrons. The molecule has 2 heteroatoms. The minimum atomic E-state index is 0.822. The molecule has 1 aromatic rings. The molecule has 0 saturated carbocycles. The van der Waals surface area contributed by atoms with E-state index in [4.69, 9.17) is 0 Å². The Labute approximate surface area is 78.9 Å². The molecule has 0 unspecified atom stereocenters. The van der Waals surface area contributed by atoms with Crippen molar-refractivity contribution in [3.8, 4) is 0 Å². The third-order valence-corrected chi connectivity index (χ3v) is 3.46. The van der Waals surface area contributed by atoms with Crippen molar-refractivity contribution in [3.05, 3.63) is 23.0 Å². The van der Waals surface area contributed by atoms with E-state index in [9.17, 15) is 0 Å². The number of nitrogens with zero attached hydrogens (tertiary/aromatic N) is 1. The van der Waals surface area contributed by atoms with Crippen LogP contribution in [0.4, 0.5) is 0 Å². The zero-order valence-corrected chi connectivity index (χ0v) is 8.14. The van der Waals surface area contributed by atoms with Crippen molar-refractivity contribution >= 4 is 0 Å². The fraction of sp³-hybridized carbons (Fsp3) is 0.636. The number of fused-ring (bicyclic) bond motifs is 2. The molecule has 0 spiro atoms. The van der Waals surface area contributed by atoms with Gasteiger partial charge in [-0.1, -0.05) is 0 Å². The summed E-state index contributed by atoms with van der Waals surface area (Å²) in [6.07, 6.45) is 2.71. The maximum absolute atomic E-state index is 3.54. The summed E-state index contributed by atoms with van der Waals surface area (Å²) in [5, 5.41) is 0. The molecule has 0 amide bonds. The number of piperidine rings is 1. The molecule has 1 fully saturated rings. The zero-order valence-electron chi connectivity index (χ0n) is 8.14. The topological polar surface area (TPSA) is 19.0 Å². The Morgan fingerprint density at radius 1 is 1.38 bits per heavy atom. The first-order chi connectivity index (χ1) is 6.33. The van der Waals surface area contributed by atoms with Crippen LogP contribution in [0.5, 0.6) is 0 Å². The van der Waals surface area contributed by atoms with Crippen molar-refractivity contribution in [1.82, 2.24) is 9.88 Å². The lowest BCUT2D eigenvalue weighted by molar-refractivity contribution is 0.220. The van der Waals surface area contributed by atoms with Crippen LogP contribution in [-0.4, -0.2) is 23.0 Å². The molecule has 2 nitrogen and oxygen atoms in total. The molecule has 1 saturated heterocycles. The largest absolute Gasteiger partial charge is 0.362 e. The van der Waals surface area contributed by atoms with Crippen LogP contribution >= 0.6 is 0 Å². The highest BCUT2D eigenvalue weighted by Gasteiger charge is 2.28. The van der Waals surface area contributed by atoms with Gasteiger partial charge in [-0.3, -0.25) is 4.90 Å². The fourth-order valence-electron chi connectivity index (χ4n) is 2.78. The number of hydrogen-bond donors (Lipinski definition) is 1. The summed E-state index contributed by atoms with van der Waals surface area (Å²) in [5.74, 6) is 0.822. The van der Waals surface area contributed by atoms with Crippen molar-refractivity contribution in [2.24, 2.45) is 0 Å². The molecule has 2 bridgehead atoms. The highest BCUT2D eigenvalue weighted by Crippen LogP contribution is 2.35. The van der Waals surface area contributed by atoms with Crippen LogP contribution in [0.3, 0.4) is 0 Å². The Kier molecular flexibility index (Phi) is 1.53. The van der Waals surface area contributed by atoms with Gasteiger partial charge in [-0.05, 0) is 44.5 Å². The Balaban J connectivity index is 2.08. The van der Waals surface area contributed by atoms with Crippen molar-refractivity contribution in [3.63, 3.8) is 0 Å². The third kappa shape index (κ3) is 1.12. The predicted octanol–water partition coefficient (Wildman–Crippen LogP) is 2.02. The van der Waals surface area contributed by atoms with E-state index >= 15 is 0 Å². The van der Waals surface area contributed by atoms with Crippen LogP contribution in [0.1, 0.15) is 35.7 Å². The van der Waals surface area contributed by atoms with Gasteiger partial charge in [0, 0.05) is 23.9 Å². The summed E-state index contributed by atoms with van der Waals surface area (Å²) in [6.45, 7) is 5.94. The van der Waals surface area contributed by atoms with E-state index in [1.54, 1.807) is 5.56 Å². The third-order valence-electron chi connectivity index (χ3n) is 3.46. The van der Waals surface area contributed by atoms with Crippen molar-refractivity contribution in [2.75, 3.05) is 13.1 Å². The maximum Gasteiger partial charge on any atom is 0.0251 e. The molecule has 0 atom stereocenters. The van der Waals surface area contributed by atoms with E-state index in [0.717, 1.165) is 5.92 Å². The second-order valence-corrected chi connectivity index (χ2v) is 4.44. The van der Waals surface area contributed by atoms with Gasteiger partial charge in [-0.15, -0.1) is 0 Å². The minimum absolute atomic E-state index is 0.822. The molecule has 13 heavy (non-hydrogen) atoms. The quantitative estimate of drug-likeness (QED) is 0.640. The van der Waals surface area contributed by atoms with E-state index in [2.05, 4.69) is 22.9 Å². The van der Waals surface area contributed by atoms with Crippen molar-refractivity contribution in [2.45, 2.75) is 32.2 Å². The van der Waals surface area contributed by atoms with Crippen LogP contribution in [0.15, 0.2) is 6.07 Å². The fourth-order valence-corrected chi connectivity index (χ4v) is 2.78. The zero-order chi connectivity index (χ0) is 8.84. The van der Waals surface area contributed by atoms with E-state index in [1.165, 1.54) is 43.9 Å². The van der Waals surface area contributed by atoms with Gasteiger partial charge in [-0.25, -0.2) is 0 Å². The molecular formula is C11H16N2. The van der Waals surface area contributed by atoms with E-state index < -0.39 is 0 Å². The Morgan fingerprint density at radius 3 is 2.92 bits per heavy atom. The summed E-state index contributed by atoms with van der Waals surface area (Å²) >= 11 is 0. The van der Waals surface area contributed by atoms with E-state index in [-0.39, 0.29) is 0 Å². The molecule has 3 aliphatic rings. The molecule has 0 radical (unpaired) electrons. The minimum Gasteiger partial charge on any atom is -0.362 e. The molecule has 1 N–H and O–H groups in total. The average molecular weight is 176 g/mol. The lowest BCUT2D eigenvalue weighted by atomic mass is 9.95. The normalized spacial score (nSPS) is 31.5. The Morgan fingerprint density at radius 2 is 2.15 bits per heavy atom. The molecular weight excluding hydrogens is 160 g/mol. The van der Waals surface area contributed by atoms with Crippen molar-refractivity contribution < 1.29 is 0 Å². The average Bonchev–Trinajstić information content (AvgIpc) is 2.33. The SMILES string of the molecule is Cc1cc2c([nH]1)C1CCN(CC1)C2. The van der Waals surface area contributed by atoms with Crippen LogP contribution in [0.2, 0.25) is 0 Å². The van der Waals surface area contributed by atoms with Gasteiger partial charge < -0.3 is 4.98 Å². The van der Waals surface area contributed by atoms with Gasteiger partial charge in [0.05, 0.1) is 0 Å². The van der Waals surface area contributed by atoms with Gasteiger partial charge >= 0.3 is 0 Å². The number of aromatic nitrogens is 1. The van der Waals surface area contributed by atoms with Crippen LogP contribution in [0.25, 0.3) is 0 Å². The predicted molar refractivity (Wildman–Crippen MR) is 52.8 cm³/mol. The number of hydrogen-bond acceptors (Lipinski definition) is 1. The highest BCUT2D eigenvalue weighted by molar-refractivity contribution is 5.30. The number of aromatic amines is 1. The van der Waals surface area contributed by atoms with Crippen LogP contribution in [-0.2, 0) is 6.54 Å². The van der Waals surface area contributed by atoms with E-state index in [0.29, 0.717) is 0 Å². The summed E-state index contributed by atoms with van der Waals surface area (Å²) < 4.78 is 0. The molecule has 4 heterocycles. The summed E-state index contributed by atoms with van der Waals surface area (Å²) in [5.41, 5.74) is 4.42. The van der Waals surface area contributed by atoms with Crippen LogP contribution in [0, 0.1) is 6.92 Å². The van der Waals surface area contributed by atoms with Gasteiger partial charge in [0.15, 0.2) is 0 Å². The van der Waals surface area contributed by atoms with Gasteiger partial charge in [0.1, 0.15) is 0 Å². The summed E-state index contributed by atoms with van der Waals surface area (Å²) in [6, 6.07) is 2.33. The second kappa shape index (κ2) is 2.61. The molecule has 0 aromatic carbocycles. The van der Waals surface area contributed by atoms with Gasteiger partial charge in [-0.2, -0.15) is 0 Å². The number of nitrogens with one attached hydrogen (secondary N) is 1. The maximum atomic E-state index is 3.54. The van der Waals surface area contributed by atoms with E-state index in [1.807, 2.05) is 0 Å². The molecule has 4 rings (SSSR count). The lowest BCUT2D eigenvalue weighted by Gasteiger charge is -2.26.